The van der Waals surface area contributed by atoms with Gasteiger partial charge in [0.1, 0.15) is 0 Å². The summed E-state index contributed by atoms with van der Waals surface area (Å²) in [5.41, 5.74) is 5.42. The molecule has 3 nitrogen and oxygen atoms in total. The molecule has 1 aromatic heterocycles. The fraction of sp³-hybridized carbons (Fsp3) is 0.467. The molecule has 0 saturated carbocycles. The SMILES string of the molecule is Cc1ccc(C)c2c(C3CNCCN3C)c[nH]c12. The molecule has 3 heteroatoms. The Hall–Kier alpha value is -1.32. The van der Waals surface area contributed by atoms with Crippen molar-refractivity contribution in [2.75, 3.05) is 26.7 Å². The predicted molar refractivity (Wildman–Crippen MR) is 76.0 cm³/mol. The third kappa shape index (κ3) is 1.74. The van der Waals surface area contributed by atoms with Crippen LogP contribution in [0.4, 0.5) is 0 Å². The minimum atomic E-state index is 0.480. The Morgan fingerprint density at radius 3 is 2.78 bits per heavy atom. The van der Waals surface area contributed by atoms with E-state index in [9.17, 15) is 0 Å². The highest BCUT2D eigenvalue weighted by atomic mass is 15.2. The maximum Gasteiger partial charge on any atom is 0.0491 e. The van der Waals surface area contributed by atoms with Gasteiger partial charge in [-0.15, -0.1) is 0 Å². The van der Waals surface area contributed by atoms with Gasteiger partial charge in [0.25, 0.3) is 0 Å². The average molecular weight is 243 g/mol. The first kappa shape index (κ1) is 11.8. The van der Waals surface area contributed by atoms with Gasteiger partial charge >= 0.3 is 0 Å². The lowest BCUT2D eigenvalue weighted by Gasteiger charge is -2.33. The monoisotopic (exact) mass is 243 g/mol. The number of aromatic amines is 1. The summed E-state index contributed by atoms with van der Waals surface area (Å²) in [4.78, 5) is 5.91. The van der Waals surface area contributed by atoms with E-state index in [0.717, 1.165) is 19.6 Å². The van der Waals surface area contributed by atoms with E-state index >= 15 is 0 Å². The highest BCUT2D eigenvalue weighted by molar-refractivity contribution is 5.89. The normalized spacial score (nSPS) is 21.6. The molecule has 1 atom stereocenters. The third-order valence-corrected chi connectivity index (χ3v) is 4.15. The molecule has 2 aromatic rings. The van der Waals surface area contributed by atoms with Crippen molar-refractivity contribution in [3.8, 4) is 0 Å². The molecule has 0 amide bonds. The third-order valence-electron chi connectivity index (χ3n) is 4.15. The molecule has 0 radical (unpaired) electrons. The minimum Gasteiger partial charge on any atom is -0.361 e. The lowest BCUT2D eigenvalue weighted by molar-refractivity contribution is 0.203. The molecule has 0 bridgehead atoms. The first-order valence-electron chi connectivity index (χ1n) is 6.66. The van der Waals surface area contributed by atoms with Gasteiger partial charge in [-0.1, -0.05) is 12.1 Å². The molecule has 18 heavy (non-hydrogen) atoms. The number of benzene rings is 1. The van der Waals surface area contributed by atoms with Crippen molar-refractivity contribution in [2.45, 2.75) is 19.9 Å². The van der Waals surface area contributed by atoms with Crippen LogP contribution in [0.2, 0.25) is 0 Å². The fourth-order valence-corrected chi connectivity index (χ4v) is 3.01. The van der Waals surface area contributed by atoms with Crippen molar-refractivity contribution >= 4 is 10.9 Å². The number of fused-ring (bicyclic) bond motifs is 1. The Morgan fingerprint density at radius 2 is 2.00 bits per heavy atom. The van der Waals surface area contributed by atoms with E-state index in [1.54, 1.807) is 0 Å². The summed E-state index contributed by atoms with van der Waals surface area (Å²) in [6, 6.07) is 4.90. The number of hydrogen-bond acceptors (Lipinski definition) is 2. The Labute approximate surface area is 108 Å². The molecule has 1 aromatic carbocycles. The van der Waals surface area contributed by atoms with Crippen molar-refractivity contribution < 1.29 is 0 Å². The average Bonchev–Trinajstić information content (AvgIpc) is 2.80. The highest BCUT2D eigenvalue weighted by Crippen LogP contribution is 2.31. The molecular formula is C15H21N3. The number of nitrogens with one attached hydrogen (secondary N) is 2. The first-order chi connectivity index (χ1) is 8.68. The second-order valence-corrected chi connectivity index (χ2v) is 5.39. The molecule has 0 spiro atoms. The molecule has 2 N–H and O–H groups in total. The van der Waals surface area contributed by atoms with Gasteiger partial charge in [0.05, 0.1) is 0 Å². The van der Waals surface area contributed by atoms with Crippen LogP contribution < -0.4 is 5.32 Å². The molecule has 1 aliphatic rings. The van der Waals surface area contributed by atoms with Crippen LogP contribution >= 0.6 is 0 Å². The molecule has 3 rings (SSSR count). The van der Waals surface area contributed by atoms with Crippen molar-refractivity contribution in [1.29, 1.82) is 0 Å². The maximum absolute atomic E-state index is 3.50. The quantitative estimate of drug-likeness (QED) is 0.805. The Kier molecular flexibility index (Phi) is 2.88. The number of H-pyrrole nitrogens is 1. The van der Waals surface area contributed by atoms with E-state index in [1.807, 2.05) is 0 Å². The van der Waals surface area contributed by atoms with Crippen molar-refractivity contribution in [3.05, 3.63) is 35.0 Å². The summed E-state index contributed by atoms with van der Waals surface area (Å²) in [5.74, 6) is 0. The van der Waals surface area contributed by atoms with Crippen LogP contribution in [-0.4, -0.2) is 36.6 Å². The van der Waals surface area contributed by atoms with Crippen LogP contribution in [0.25, 0.3) is 10.9 Å². The molecule has 1 unspecified atom stereocenters. The summed E-state index contributed by atoms with van der Waals surface area (Å²) in [5, 5.41) is 4.91. The van der Waals surface area contributed by atoms with Crippen LogP contribution in [0.1, 0.15) is 22.7 Å². The molecule has 96 valence electrons. The van der Waals surface area contributed by atoms with Crippen LogP contribution in [0.3, 0.4) is 0 Å². The summed E-state index contributed by atoms with van der Waals surface area (Å²) in [6.07, 6.45) is 2.19. The van der Waals surface area contributed by atoms with Crippen molar-refractivity contribution in [1.82, 2.24) is 15.2 Å². The number of aryl methyl sites for hydroxylation is 2. The smallest absolute Gasteiger partial charge is 0.0491 e. The van der Waals surface area contributed by atoms with Gasteiger partial charge in [-0.25, -0.2) is 0 Å². The lowest BCUT2D eigenvalue weighted by atomic mass is 9.98. The number of rotatable bonds is 1. The second kappa shape index (κ2) is 4.41. The zero-order valence-electron chi connectivity index (χ0n) is 11.4. The topological polar surface area (TPSA) is 31.1 Å². The molecule has 1 aliphatic heterocycles. The van der Waals surface area contributed by atoms with Crippen LogP contribution in [0.15, 0.2) is 18.3 Å². The molecule has 1 saturated heterocycles. The minimum absolute atomic E-state index is 0.480. The molecule has 1 fully saturated rings. The largest absolute Gasteiger partial charge is 0.361 e. The predicted octanol–water partition coefficient (Wildman–Crippen LogP) is 2.36. The summed E-state index contributed by atoms with van der Waals surface area (Å²) < 4.78 is 0. The van der Waals surface area contributed by atoms with Crippen molar-refractivity contribution in [3.63, 3.8) is 0 Å². The number of nitrogens with zero attached hydrogens (tertiary/aromatic N) is 1. The van der Waals surface area contributed by atoms with E-state index in [0.29, 0.717) is 6.04 Å². The first-order valence-corrected chi connectivity index (χ1v) is 6.66. The van der Waals surface area contributed by atoms with Gasteiger partial charge in [-0.2, -0.15) is 0 Å². The Balaban J connectivity index is 2.14. The van der Waals surface area contributed by atoms with Gasteiger partial charge in [-0.3, -0.25) is 4.90 Å². The van der Waals surface area contributed by atoms with Gasteiger partial charge < -0.3 is 10.3 Å². The van der Waals surface area contributed by atoms with E-state index in [4.69, 9.17) is 0 Å². The zero-order valence-corrected chi connectivity index (χ0v) is 11.4. The number of piperazine rings is 1. The summed E-state index contributed by atoms with van der Waals surface area (Å²) in [7, 11) is 2.22. The Bertz CT molecular complexity index is 570. The van der Waals surface area contributed by atoms with Gasteiger partial charge in [0, 0.05) is 42.8 Å². The molecule has 0 aliphatic carbocycles. The van der Waals surface area contributed by atoms with Crippen LogP contribution in [-0.2, 0) is 0 Å². The fourth-order valence-electron chi connectivity index (χ4n) is 3.01. The van der Waals surface area contributed by atoms with Gasteiger partial charge in [-0.05, 0) is 37.6 Å². The Morgan fingerprint density at radius 1 is 1.22 bits per heavy atom. The van der Waals surface area contributed by atoms with E-state index < -0.39 is 0 Å². The lowest BCUT2D eigenvalue weighted by Crippen LogP contribution is -2.43. The van der Waals surface area contributed by atoms with Crippen LogP contribution in [0, 0.1) is 13.8 Å². The second-order valence-electron chi connectivity index (χ2n) is 5.39. The van der Waals surface area contributed by atoms with E-state index in [2.05, 4.69) is 54.4 Å². The van der Waals surface area contributed by atoms with Crippen LogP contribution in [0.5, 0.6) is 0 Å². The van der Waals surface area contributed by atoms with E-state index in [-0.39, 0.29) is 0 Å². The highest BCUT2D eigenvalue weighted by Gasteiger charge is 2.23. The maximum atomic E-state index is 3.50. The molecular weight excluding hydrogens is 222 g/mol. The summed E-state index contributed by atoms with van der Waals surface area (Å²) >= 11 is 0. The van der Waals surface area contributed by atoms with Gasteiger partial charge in [0.2, 0.25) is 0 Å². The standard InChI is InChI=1S/C15H21N3/c1-10-4-5-11(2)15-14(10)12(8-17-15)13-9-16-6-7-18(13)3/h4-5,8,13,16-17H,6-7,9H2,1-3H3. The van der Waals surface area contributed by atoms with Gasteiger partial charge in [0.15, 0.2) is 0 Å². The number of likely N-dealkylation sites (N-methyl/N-ethyl adjacent to an activating group) is 1. The molecule has 2 heterocycles. The summed E-state index contributed by atoms with van der Waals surface area (Å²) in [6.45, 7) is 7.62. The zero-order chi connectivity index (χ0) is 12.7. The van der Waals surface area contributed by atoms with Crippen molar-refractivity contribution in [2.24, 2.45) is 0 Å². The number of aromatic nitrogens is 1. The van der Waals surface area contributed by atoms with E-state index in [1.165, 1.54) is 27.6 Å². The number of hydrogen-bond donors (Lipinski definition) is 2.